The highest BCUT2D eigenvalue weighted by molar-refractivity contribution is 4.72. The lowest BCUT2D eigenvalue weighted by Crippen LogP contribution is -2.43. The van der Waals surface area contributed by atoms with E-state index in [1.165, 1.54) is 0 Å². The van der Waals surface area contributed by atoms with Gasteiger partial charge in [-0.05, 0) is 27.3 Å². The average Bonchev–Trinajstić information content (AvgIpc) is 2.12. The van der Waals surface area contributed by atoms with E-state index in [2.05, 4.69) is 19.2 Å². The minimum Gasteiger partial charge on any atom is -0.380 e. The number of rotatable bonds is 8. The maximum atomic E-state index is 5.51. The van der Waals surface area contributed by atoms with Gasteiger partial charge in [0.25, 0.3) is 0 Å². The number of ether oxygens (including phenoxy) is 2. The molecule has 2 atom stereocenters. The van der Waals surface area contributed by atoms with E-state index in [4.69, 9.17) is 9.47 Å². The summed E-state index contributed by atoms with van der Waals surface area (Å²) in [6.07, 6.45) is 0.219. The molecule has 0 aliphatic carbocycles. The third kappa shape index (κ3) is 6.02. The van der Waals surface area contributed by atoms with Crippen LogP contribution in [0.25, 0.3) is 0 Å². The SMILES string of the molecule is CCNC(COCC)C(C)OCC. The molecule has 0 aliphatic heterocycles. The Balaban J connectivity index is 3.75. The van der Waals surface area contributed by atoms with Crippen molar-refractivity contribution in [3.63, 3.8) is 0 Å². The molecule has 0 aromatic rings. The van der Waals surface area contributed by atoms with Gasteiger partial charge in [0, 0.05) is 13.2 Å². The molecule has 0 radical (unpaired) electrons. The summed E-state index contributed by atoms with van der Waals surface area (Å²) < 4.78 is 10.9. The fourth-order valence-electron chi connectivity index (χ4n) is 1.25. The van der Waals surface area contributed by atoms with Crippen molar-refractivity contribution in [2.24, 2.45) is 0 Å². The highest BCUT2D eigenvalue weighted by Gasteiger charge is 2.15. The zero-order chi connectivity index (χ0) is 10.1. The van der Waals surface area contributed by atoms with Crippen molar-refractivity contribution in [3.05, 3.63) is 0 Å². The Morgan fingerprint density at radius 1 is 1.15 bits per heavy atom. The number of hydrogen-bond acceptors (Lipinski definition) is 3. The van der Waals surface area contributed by atoms with Crippen LogP contribution < -0.4 is 5.32 Å². The molecule has 2 unspecified atom stereocenters. The molecule has 0 bridgehead atoms. The lowest BCUT2D eigenvalue weighted by molar-refractivity contribution is 0.0132. The van der Waals surface area contributed by atoms with Gasteiger partial charge in [0.1, 0.15) is 0 Å². The van der Waals surface area contributed by atoms with Crippen LogP contribution in [0.5, 0.6) is 0 Å². The van der Waals surface area contributed by atoms with Gasteiger partial charge in [-0.3, -0.25) is 0 Å². The van der Waals surface area contributed by atoms with E-state index < -0.39 is 0 Å². The summed E-state index contributed by atoms with van der Waals surface area (Å²) in [5.74, 6) is 0. The van der Waals surface area contributed by atoms with Gasteiger partial charge in [0.2, 0.25) is 0 Å². The first-order chi connectivity index (χ1) is 6.26. The van der Waals surface area contributed by atoms with Crippen molar-refractivity contribution >= 4 is 0 Å². The fourth-order valence-corrected chi connectivity index (χ4v) is 1.25. The van der Waals surface area contributed by atoms with E-state index in [0.717, 1.165) is 26.4 Å². The second-order valence-corrected chi connectivity index (χ2v) is 2.98. The van der Waals surface area contributed by atoms with Crippen LogP contribution in [-0.4, -0.2) is 38.5 Å². The Hall–Kier alpha value is -0.120. The zero-order valence-electron chi connectivity index (χ0n) is 9.30. The molecule has 0 rings (SSSR count). The average molecular weight is 189 g/mol. The topological polar surface area (TPSA) is 30.5 Å². The zero-order valence-corrected chi connectivity index (χ0v) is 9.30. The quantitative estimate of drug-likeness (QED) is 0.626. The van der Waals surface area contributed by atoms with Gasteiger partial charge >= 0.3 is 0 Å². The second kappa shape index (κ2) is 8.48. The van der Waals surface area contributed by atoms with Crippen molar-refractivity contribution in [3.8, 4) is 0 Å². The molecule has 0 saturated heterocycles. The second-order valence-electron chi connectivity index (χ2n) is 2.98. The normalized spacial score (nSPS) is 15.7. The highest BCUT2D eigenvalue weighted by atomic mass is 16.5. The molecule has 3 heteroatoms. The Morgan fingerprint density at radius 2 is 1.85 bits per heavy atom. The first-order valence-electron chi connectivity index (χ1n) is 5.18. The van der Waals surface area contributed by atoms with E-state index in [1.807, 2.05) is 13.8 Å². The molecule has 80 valence electrons. The minimum atomic E-state index is 0.219. The first-order valence-corrected chi connectivity index (χ1v) is 5.18. The molecule has 13 heavy (non-hydrogen) atoms. The van der Waals surface area contributed by atoms with Gasteiger partial charge in [-0.2, -0.15) is 0 Å². The first kappa shape index (κ1) is 12.9. The lowest BCUT2D eigenvalue weighted by atomic mass is 10.2. The van der Waals surface area contributed by atoms with Crippen LogP contribution in [0.3, 0.4) is 0 Å². The maximum Gasteiger partial charge on any atom is 0.0722 e. The summed E-state index contributed by atoms with van der Waals surface area (Å²) in [7, 11) is 0. The van der Waals surface area contributed by atoms with Crippen LogP contribution >= 0.6 is 0 Å². The van der Waals surface area contributed by atoms with Gasteiger partial charge in [0.05, 0.1) is 18.8 Å². The molecular weight excluding hydrogens is 166 g/mol. The smallest absolute Gasteiger partial charge is 0.0722 e. The molecule has 1 N–H and O–H groups in total. The number of hydrogen-bond donors (Lipinski definition) is 1. The van der Waals surface area contributed by atoms with Crippen LogP contribution in [0.15, 0.2) is 0 Å². The van der Waals surface area contributed by atoms with Crippen molar-refractivity contribution in [1.29, 1.82) is 0 Å². The van der Waals surface area contributed by atoms with Crippen LogP contribution in [0.1, 0.15) is 27.7 Å². The van der Waals surface area contributed by atoms with Crippen LogP contribution in [0, 0.1) is 0 Å². The standard InChI is InChI=1S/C10H23NO2/c1-5-11-10(8-12-6-2)9(4)13-7-3/h9-11H,5-8H2,1-4H3. The number of nitrogens with one attached hydrogen (secondary N) is 1. The van der Waals surface area contributed by atoms with Gasteiger partial charge in [-0.15, -0.1) is 0 Å². The van der Waals surface area contributed by atoms with Crippen LogP contribution in [0.4, 0.5) is 0 Å². The number of likely N-dealkylation sites (N-methyl/N-ethyl adjacent to an activating group) is 1. The van der Waals surface area contributed by atoms with E-state index in [1.54, 1.807) is 0 Å². The Morgan fingerprint density at radius 3 is 2.31 bits per heavy atom. The molecular formula is C10H23NO2. The largest absolute Gasteiger partial charge is 0.380 e. The molecule has 0 amide bonds. The molecule has 0 aliphatic rings. The summed E-state index contributed by atoms with van der Waals surface area (Å²) >= 11 is 0. The molecule has 0 aromatic carbocycles. The Kier molecular flexibility index (Phi) is 8.40. The highest BCUT2D eigenvalue weighted by Crippen LogP contribution is 1.99. The fraction of sp³-hybridized carbons (Fsp3) is 1.00. The van der Waals surface area contributed by atoms with Crippen molar-refractivity contribution < 1.29 is 9.47 Å². The van der Waals surface area contributed by atoms with E-state index >= 15 is 0 Å². The van der Waals surface area contributed by atoms with Crippen molar-refractivity contribution in [1.82, 2.24) is 5.32 Å². The maximum absolute atomic E-state index is 5.51. The monoisotopic (exact) mass is 189 g/mol. The van der Waals surface area contributed by atoms with Crippen molar-refractivity contribution in [2.75, 3.05) is 26.4 Å². The molecule has 0 aromatic heterocycles. The Bertz CT molecular complexity index is 109. The Labute approximate surface area is 81.8 Å². The van der Waals surface area contributed by atoms with Crippen LogP contribution in [0.2, 0.25) is 0 Å². The summed E-state index contributed by atoms with van der Waals surface area (Å²) in [5.41, 5.74) is 0. The summed E-state index contributed by atoms with van der Waals surface area (Å²) in [5, 5.41) is 3.35. The summed E-state index contributed by atoms with van der Waals surface area (Å²) in [4.78, 5) is 0. The van der Waals surface area contributed by atoms with Crippen molar-refractivity contribution in [2.45, 2.75) is 39.8 Å². The van der Waals surface area contributed by atoms with E-state index in [-0.39, 0.29) is 6.10 Å². The van der Waals surface area contributed by atoms with E-state index in [9.17, 15) is 0 Å². The third-order valence-corrected chi connectivity index (χ3v) is 1.96. The molecule has 0 saturated carbocycles. The molecule has 0 fully saturated rings. The van der Waals surface area contributed by atoms with Gasteiger partial charge in [-0.1, -0.05) is 6.92 Å². The predicted octanol–water partition coefficient (Wildman–Crippen LogP) is 1.43. The van der Waals surface area contributed by atoms with Gasteiger partial charge < -0.3 is 14.8 Å². The minimum absolute atomic E-state index is 0.219. The van der Waals surface area contributed by atoms with Gasteiger partial charge in [0.15, 0.2) is 0 Å². The van der Waals surface area contributed by atoms with Gasteiger partial charge in [-0.25, -0.2) is 0 Å². The molecule has 0 spiro atoms. The summed E-state index contributed by atoms with van der Waals surface area (Å²) in [6, 6.07) is 0.310. The lowest BCUT2D eigenvalue weighted by Gasteiger charge is -2.24. The molecule has 3 nitrogen and oxygen atoms in total. The van der Waals surface area contributed by atoms with E-state index in [0.29, 0.717) is 6.04 Å². The third-order valence-electron chi connectivity index (χ3n) is 1.96. The van der Waals surface area contributed by atoms with Crippen LogP contribution in [-0.2, 0) is 9.47 Å². The summed E-state index contributed by atoms with van der Waals surface area (Å²) in [6.45, 7) is 11.4. The predicted molar refractivity (Wildman–Crippen MR) is 55.0 cm³/mol. The molecule has 0 heterocycles.